The maximum atomic E-state index is 5.89. The summed E-state index contributed by atoms with van der Waals surface area (Å²) in [4.78, 5) is 0. The molecule has 2 rings (SSSR count). The summed E-state index contributed by atoms with van der Waals surface area (Å²) in [6.45, 7) is 3.65. The van der Waals surface area contributed by atoms with E-state index in [1.807, 2.05) is 25.1 Å². The lowest BCUT2D eigenvalue weighted by Crippen LogP contribution is -2.22. The highest BCUT2D eigenvalue weighted by Crippen LogP contribution is 2.22. The lowest BCUT2D eigenvalue weighted by molar-refractivity contribution is 0.311. The van der Waals surface area contributed by atoms with Crippen molar-refractivity contribution >= 4 is 11.6 Å². The van der Waals surface area contributed by atoms with Gasteiger partial charge >= 0.3 is 0 Å². The van der Waals surface area contributed by atoms with Crippen molar-refractivity contribution in [2.45, 2.75) is 25.8 Å². The first kappa shape index (κ1) is 10.8. The van der Waals surface area contributed by atoms with E-state index in [2.05, 4.69) is 5.32 Å². The van der Waals surface area contributed by atoms with Crippen molar-refractivity contribution in [3.63, 3.8) is 0 Å². The zero-order chi connectivity index (χ0) is 10.7. The molecule has 0 heterocycles. The second kappa shape index (κ2) is 4.86. The van der Waals surface area contributed by atoms with Crippen molar-refractivity contribution in [3.8, 4) is 5.75 Å². The largest absolute Gasteiger partial charge is 0.492 e. The molecule has 1 fully saturated rings. The van der Waals surface area contributed by atoms with Gasteiger partial charge in [0.15, 0.2) is 0 Å². The summed E-state index contributed by atoms with van der Waals surface area (Å²) in [6, 6.07) is 6.47. The monoisotopic (exact) mass is 225 g/mol. The van der Waals surface area contributed by atoms with Gasteiger partial charge in [-0.1, -0.05) is 17.7 Å². The van der Waals surface area contributed by atoms with Gasteiger partial charge in [-0.3, -0.25) is 0 Å². The second-order valence-electron chi connectivity index (χ2n) is 3.99. The predicted octanol–water partition coefficient (Wildman–Crippen LogP) is 2.78. The number of hydrogen-bond donors (Lipinski definition) is 1. The maximum absolute atomic E-state index is 5.89. The first-order valence-corrected chi connectivity index (χ1v) is 5.76. The fourth-order valence-electron chi connectivity index (χ4n) is 1.44. The Labute approximate surface area is 95.6 Å². The molecule has 15 heavy (non-hydrogen) atoms. The Morgan fingerprint density at radius 3 is 3.00 bits per heavy atom. The molecule has 1 aliphatic carbocycles. The molecule has 0 saturated heterocycles. The first-order valence-electron chi connectivity index (χ1n) is 5.38. The van der Waals surface area contributed by atoms with Crippen LogP contribution >= 0.6 is 11.6 Å². The van der Waals surface area contributed by atoms with Gasteiger partial charge in [0.1, 0.15) is 12.4 Å². The van der Waals surface area contributed by atoms with Crippen LogP contribution in [0.25, 0.3) is 0 Å². The van der Waals surface area contributed by atoms with Gasteiger partial charge in [0, 0.05) is 17.6 Å². The fraction of sp³-hybridized carbons (Fsp3) is 0.500. The van der Waals surface area contributed by atoms with E-state index in [9.17, 15) is 0 Å². The van der Waals surface area contributed by atoms with Gasteiger partial charge in [0.05, 0.1) is 0 Å². The van der Waals surface area contributed by atoms with E-state index in [-0.39, 0.29) is 0 Å². The van der Waals surface area contributed by atoms with E-state index in [0.717, 1.165) is 28.9 Å². The molecule has 3 heteroatoms. The molecule has 82 valence electrons. The van der Waals surface area contributed by atoms with E-state index in [1.54, 1.807) is 0 Å². The van der Waals surface area contributed by atoms with Crippen molar-refractivity contribution < 1.29 is 4.74 Å². The standard InChI is InChI=1S/C12H16ClNO/c1-9-2-3-10(13)8-12(9)15-7-6-14-11-4-5-11/h2-3,8,11,14H,4-7H2,1H3. The minimum atomic E-state index is 0.706. The first-order chi connectivity index (χ1) is 7.25. The quantitative estimate of drug-likeness (QED) is 0.779. The van der Waals surface area contributed by atoms with E-state index < -0.39 is 0 Å². The van der Waals surface area contributed by atoms with Crippen molar-refractivity contribution in [1.82, 2.24) is 5.32 Å². The number of rotatable bonds is 5. The summed E-state index contributed by atoms with van der Waals surface area (Å²) in [5.74, 6) is 0.889. The average molecular weight is 226 g/mol. The highest BCUT2D eigenvalue weighted by molar-refractivity contribution is 6.30. The van der Waals surface area contributed by atoms with Crippen molar-refractivity contribution in [1.29, 1.82) is 0 Å². The van der Waals surface area contributed by atoms with Gasteiger partial charge in [-0.2, -0.15) is 0 Å². The third-order valence-corrected chi connectivity index (χ3v) is 2.76. The van der Waals surface area contributed by atoms with Crippen LogP contribution in [0.15, 0.2) is 18.2 Å². The van der Waals surface area contributed by atoms with Crippen LogP contribution in [0.1, 0.15) is 18.4 Å². The SMILES string of the molecule is Cc1ccc(Cl)cc1OCCNC1CC1. The van der Waals surface area contributed by atoms with Crippen molar-refractivity contribution in [2.24, 2.45) is 0 Å². The molecule has 0 aromatic heterocycles. The van der Waals surface area contributed by atoms with Crippen molar-refractivity contribution in [2.75, 3.05) is 13.2 Å². The van der Waals surface area contributed by atoms with Gasteiger partial charge in [-0.05, 0) is 37.5 Å². The Kier molecular flexibility index (Phi) is 3.49. The molecule has 0 atom stereocenters. The number of benzene rings is 1. The topological polar surface area (TPSA) is 21.3 Å². The number of halogens is 1. The molecule has 0 amide bonds. The summed E-state index contributed by atoms with van der Waals surface area (Å²) in [5, 5.41) is 4.13. The van der Waals surface area contributed by atoms with E-state index in [1.165, 1.54) is 12.8 Å². The average Bonchev–Trinajstić information content (AvgIpc) is 3.01. The van der Waals surface area contributed by atoms with Crippen LogP contribution in [0, 0.1) is 6.92 Å². The predicted molar refractivity (Wildman–Crippen MR) is 62.7 cm³/mol. The molecule has 1 aromatic rings. The fourth-order valence-corrected chi connectivity index (χ4v) is 1.60. The Morgan fingerprint density at radius 1 is 1.47 bits per heavy atom. The van der Waals surface area contributed by atoms with Gasteiger partial charge in [0.2, 0.25) is 0 Å². The summed E-state index contributed by atoms with van der Waals surface area (Å²) in [5.41, 5.74) is 1.13. The smallest absolute Gasteiger partial charge is 0.123 e. The zero-order valence-corrected chi connectivity index (χ0v) is 9.68. The molecule has 1 aliphatic rings. The normalized spacial score (nSPS) is 15.3. The number of nitrogens with one attached hydrogen (secondary N) is 1. The van der Waals surface area contributed by atoms with Crippen LogP contribution in [0.4, 0.5) is 0 Å². The summed E-state index contributed by atoms with van der Waals surface area (Å²) >= 11 is 5.89. The molecular formula is C12H16ClNO. The Balaban J connectivity index is 1.78. The maximum Gasteiger partial charge on any atom is 0.123 e. The minimum Gasteiger partial charge on any atom is -0.492 e. The van der Waals surface area contributed by atoms with Gasteiger partial charge in [0.25, 0.3) is 0 Å². The molecule has 0 unspecified atom stereocenters. The lowest BCUT2D eigenvalue weighted by Gasteiger charge is -2.09. The van der Waals surface area contributed by atoms with Crippen LogP contribution in [0.5, 0.6) is 5.75 Å². The molecule has 2 nitrogen and oxygen atoms in total. The Bertz CT molecular complexity index is 336. The van der Waals surface area contributed by atoms with E-state index in [0.29, 0.717) is 6.61 Å². The minimum absolute atomic E-state index is 0.706. The second-order valence-corrected chi connectivity index (χ2v) is 4.42. The molecule has 1 saturated carbocycles. The molecule has 0 aliphatic heterocycles. The van der Waals surface area contributed by atoms with Crippen LogP contribution in [0.3, 0.4) is 0 Å². The highest BCUT2D eigenvalue weighted by Gasteiger charge is 2.19. The van der Waals surface area contributed by atoms with Gasteiger partial charge < -0.3 is 10.1 Å². The number of aryl methyl sites for hydroxylation is 1. The summed E-state index contributed by atoms with van der Waals surface area (Å²) in [6.07, 6.45) is 2.63. The van der Waals surface area contributed by atoms with Crippen molar-refractivity contribution in [3.05, 3.63) is 28.8 Å². The molecule has 0 spiro atoms. The molecule has 1 aromatic carbocycles. The molecule has 1 N–H and O–H groups in total. The summed E-state index contributed by atoms with van der Waals surface area (Å²) < 4.78 is 5.65. The Morgan fingerprint density at radius 2 is 2.27 bits per heavy atom. The molecular weight excluding hydrogens is 210 g/mol. The number of ether oxygens (including phenoxy) is 1. The van der Waals surface area contributed by atoms with Crippen LogP contribution < -0.4 is 10.1 Å². The zero-order valence-electron chi connectivity index (χ0n) is 8.92. The lowest BCUT2D eigenvalue weighted by atomic mass is 10.2. The van der Waals surface area contributed by atoms with Crippen LogP contribution in [-0.4, -0.2) is 19.2 Å². The summed E-state index contributed by atoms with van der Waals surface area (Å²) in [7, 11) is 0. The van der Waals surface area contributed by atoms with Gasteiger partial charge in [-0.25, -0.2) is 0 Å². The molecule has 0 bridgehead atoms. The van der Waals surface area contributed by atoms with Gasteiger partial charge in [-0.15, -0.1) is 0 Å². The van der Waals surface area contributed by atoms with Crippen LogP contribution in [0.2, 0.25) is 5.02 Å². The Hall–Kier alpha value is -0.730. The third kappa shape index (κ3) is 3.40. The van der Waals surface area contributed by atoms with E-state index in [4.69, 9.17) is 16.3 Å². The number of hydrogen-bond acceptors (Lipinski definition) is 2. The highest BCUT2D eigenvalue weighted by atomic mass is 35.5. The van der Waals surface area contributed by atoms with E-state index >= 15 is 0 Å². The third-order valence-electron chi connectivity index (χ3n) is 2.52. The van der Waals surface area contributed by atoms with Crippen LogP contribution in [-0.2, 0) is 0 Å². The molecule has 0 radical (unpaired) electrons.